The minimum Gasteiger partial charge on any atom is -0.487 e. The van der Waals surface area contributed by atoms with Crippen molar-refractivity contribution >= 4 is 23.9 Å². The number of nitriles is 1. The van der Waals surface area contributed by atoms with Crippen LogP contribution in [0.4, 0.5) is 0 Å². The third-order valence-corrected chi connectivity index (χ3v) is 10.2. The molecule has 8 heteroatoms. The van der Waals surface area contributed by atoms with E-state index in [0.717, 1.165) is 24.3 Å². The molecule has 0 N–H and O–H groups in total. The molecule has 3 fully saturated rings. The fourth-order valence-corrected chi connectivity index (χ4v) is 7.97. The van der Waals surface area contributed by atoms with Crippen molar-refractivity contribution < 1.29 is 33.4 Å². The van der Waals surface area contributed by atoms with Gasteiger partial charge in [0, 0.05) is 5.92 Å². The van der Waals surface area contributed by atoms with E-state index in [1.807, 2.05) is 12.1 Å². The predicted octanol–water partition coefficient (Wildman–Crippen LogP) is 6.61. The highest BCUT2D eigenvalue weighted by atomic mass is 16.6. The molecule has 1 saturated carbocycles. The number of fused-ring (bicyclic) bond motifs is 3. The molecule has 5 unspecified atom stereocenters. The van der Waals surface area contributed by atoms with Gasteiger partial charge in [-0.25, -0.2) is 0 Å². The number of hydrogen-bond donors (Lipinski definition) is 0. The maximum atomic E-state index is 13.1. The molecule has 230 valence electrons. The molecule has 0 amide bonds. The SMILES string of the molecule is CCCCCCCC1CCC(c2ccc(OC3C4C(=O)OC(=O)C4c4ccccc4C3C3CC(=O)OC3=O)c(C#N)c2)CC1. The lowest BCUT2D eigenvalue weighted by Crippen LogP contribution is -2.46. The summed E-state index contributed by atoms with van der Waals surface area (Å²) in [5.41, 5.74) is 2.65. The number of carbonyl (C=O) groups is 4. The molecule has 0 radical (unpaired) electrons. The van der Waals surface area contributed by atoms with Gasteiger partial charge in [-0.05, 0) is 66.3 Å². The van der Waals surface area contributed by atoms with E-state index in [-0.39, 0.29) is 12.2 Å². The number of hydrogen-bond acceptors (Lipinski definition) is 8. The molecular formula is C36H39NO7. The van der Waals surface area contributed by atoms with Crippen LogP contribution in [0.5, 0.6) is 5.75 Å². The van der Waals surface area contributed by atoms with Crippen LogP contribution in [-0.2, 0) is 28.7 Å². The molecule has 2 aromatic rings. The Morgan fingerprint density at radius 2 is 1.59 bits per heavy atom. The van der Waals surface area contributed by atoms with Crippen molar-refractivity contribution in [1.29, 1.82) is 5.26 Å². The van der Waals surface area contributed by atoms with Crippen molar-refractivity contribution in [1.82, 2.24) is 0 Å². The first-order valence-electron chi connectivity index (χ1n) is 16.2. The molecule has 4 aliphatic rings. The number of carbonyl (C=O) groups excluding carboxylic acids is 4. The van der Waals surface area contributed by atoms with Gasteiger partial charge in [-0.3, -0.25) is 19.2 Å². The van der Waals surface area contributed by atoms with Gasteiger partial charge in [-0.2, -0.15) is 5.26 Å². The van der Waals surface area contributed by atoms with E-state index in [0.29, 0.717) is 22.6 Å². The van der Waals surface area contributed by atoms with Crippen molar-refractivity contribution in [3.63, 3.8) is 0 Å². The molecule has 2 aromatic carbocycles. The summed E-state index contributed by atoms with van der Waals surface area (Å²) in [5.74, 6) is -4.91. The zero-order valence-corrected chi connectivity index (χ0v) is 25.2. The third-order valence-electron chi connectivity index (χ3n) is 10.2. The Balaban J connectivity index is 1.24. The molecule has 2 heterocycles. The van der Waals surface area contributed by atoms with E-state index < -0.39 is 53.7 Å². The van der Waals surface area contributed by atoms with E-state index in [9.17, 15) is 24.4 Å². The largest absolute Gasteiger partial charge is 0.487 e. The van der Waals surface area contributed by atoms with Gasteiger partial charge in [-0.1, -0.05) is 75.8 Å². The van der Waals surface area contributed by atoms with Gasteiger partial charge in [0.25, 0.3) is 0 Å². The van der Waals surface area contributed by atoms with E-state index in [2.05, 4.69) is 13.0 Å². The highest BCUT2D eigenvalue weighted by Gasteiger charge is 2.60. The van der Waals surface area contributed by atoms with Gasteiger partial charge in [0.05, 0.1) is 23.8 Å². The Bertz CT molecular complexity index is 1480. The number of benzene rings is 2. The average Bonchev–Trinajstić information content (AvgIpc) is 3.53. The van der Waals surface area contributed by atoms with Crippen molar-refractivity contribution in [2.45, 2.75) is 101 Å². The first-order valence-corrected chi connectivity index (χ1v) is 16.2. The normalized spacial score (nSPS) is 29.4. The topological polar surface area (TPSA) is 120 Å². The summed E-state index contributed by atoms with van der Waals surface area (Å²) in [7, 11) is 0. The third kappa shape index (κ3) is 5.77. The summed E-state index contributed by atoms with van der Waals surface area (Å²) >= 11 is 0. The van der Waals surface area contributed by atoms with Gasteiger partial charge < -0.3 is 14.2 Å². The predicted molar refractivity (Wildman–Crippen MR) is 159 cm³/mol. The monoisotopic (exact) mass is 597 g/mol. The molecular weight excluding hydrogens is 558 g/mol. The Morgan fingerprint density at radius 1 is 0.841 bits per heavy atom. The molecule has 6 rings (SSSR count). The van der Waals surface area contributed by atoms with Crippen LogP contribution in [0.25, 0.3) is 0 Å². The second kappa shape index (κ2) is 12.9. The van der Waals surface area contributed by atoms with E-state index in [4.69, 9.17) is 14.2 Å². The first-order chi connectivity index (χ1) is 21.4. The van der Waals surface area contributed by atoms with Crippen molar-refractivity contribution in [2.75, 3.05) is 0 Å². The molecule has 2 saturated heterocycles. The second-order valence-corrected chi connectivity index (χ2v) is 12.9. The van der Waals surface area contributed by atoms with E-state index in [1.165, 1.54) is 51.4 Å². The van der Waals surface area contributed by atoms with Gasteiger partial charge in [0.15, 0.2) is 0 Å². The van der Waals surface area contributed by atoms with Crippen LogP contribution < -0.4 is 4.74 Å². The summed E-state index contributed by atoms with van der Waals surface area (Å²) in [6.45, 7) is 2.24. The van der Waals surface area contributed by atoms with E-state index >= 15 is 0 Å². The number of esters is 4. The van der Waals surface area contributed by atoms with Gasteiger partial charge >= 0.3 is 23.9 Å². The van der Waals surface area contributed by atoms with Crippen molar-refractivity contribution in [3.8, 4) is 11.8 Å². The van der Waals surface area contributed by atoms with Crippen LogP contribution in [0.3, 0.4) is 0 Å². The van der Waals surface area contributed by atoms with Crippen LogP contribution in [0.2, 0.25) is 0 Å². The minimum absolute atomic E-state index is 0.163. The number of ether oxygens (including phenoxy) is 3. The Kier molecular flexibility index (Phi) is 8.83. The first kappa shape index (κ1) is 30.1. The summed E-state index contributed by atoms with van der Waals surface area (Å²) in [6, 6.07) is 15.0. The molecule has 2 aliphatic heterocycles. The summed E-state index contributed by atoms with van der Waals surface area (Å²) in [6.07, 6.45) is 11.2. The zero-order chi connectivity index (χ0) is 30.8. The van der Waals surface area contributed by atoms with E-state index in [1.54, 1.807) is 30.3 Å². The fraction of sp³-hybridized carbons (Fsp3) is 0.528. The smallest absolute Gasteiger partial charge is 0.322 e. The summed E-state index contributed by atoms with van der Waals surface area (Å²) in [5, 5.41) is 10.2. The van der Waals surface area contributed by atoms with Crippen LogP contribution >= 0.6 is 0 Å². The maximum absolute atomic E-state index is 13.1. The highest BCUT2D eigenvalue weighted by molar-refractivity contribution is 6.01. The molecule has 0 bridgehead atoms. The Morgan fingerprint density at radius 3 is 2.30 bits per heavy atom. The molecule has 0 spiro atoms. The summed E-state index contributed by atoms with van der Waals surface area (Å²) < 4.78 is 16.5. The lowest BCUT2D eigenvalue weighted by molar-refractivity contribution is -0.156. The molecule has 0 aromatic heterocycles. The number of unbranched alkanes of at least 4 members (excludes halogenated alkanes) is 4. The summed E-state index contributed by atoms with van der Waals surface area (Å²) in [4.78, 5) is 51.0. The minimum atomic E-state index is -1.03. The van der Waals surface area contributed by atoms with Gasteiger partial charge in [0.1, 0.15) is 23.8 Å². The number of nitrogens with zero attached hydrogens (tertiary/aromatic N) is 1. The van der Waals surface area contributed by atoms with Gasteiger partial charge in [-0.15, -0.1) is 0 Å². The number of cyclic esters (lactones) is 4. The van der Waals surface area contributed by atoms with Crippen LogP contribution in [0.1, 0.15) is 118 Å². The Labute approximate surface area is 258 Å². The van der Waals surface area contributed by atoms with Gasteiger partial charge in [0.2, 0.25) is 0 Å². The van der Waals surface area contributed by atoms with Crippen LogP contribution in [0, 0.1) is 29.1 Å². The standard InChI is InChI=1S/C36H39NO7/c1-2-3-4-5-6-9-21-12-14-22(15-13-21)23-16-17-28(24(18-23)20-37)42-33-30(27-19-29(38)43-34(27)39)25-10-7-8-11-26(25)31-32(33)36(41)44-35(31)40/h7-8,10-11,16-18,21-22,27,30-33H,2-6,9,12-15,19H2,1H3. The zero-order valence-electron chi connectivity index (χ0n) is 25.2. The molecule has 2 aliphatic carbocycles. The lowest BCUT2D eigenvalue weighted by atomic mass is 9.65. The maximum Gasteiger partial charge on any atom is 0.322 e. The quantitative estimate of drug-likeness (QED) is 0.170. The Hall–Kier alpha value is -3.99. The highest BCUT2D eigenvalue weighted by Crippen LogP contribution is 2.52. The van der Waals surface area contributed by atoms with Crippen LogP contribution in [0.15, 0.2) is 42.5 Å². The lowest BCUT2D eigenvalue weighted by Gasteiger charge is -2.40. The molecule has 5 atom stereocenters. The fourth-order valence-electron chi connectivity index (χ4n) is 7.97. The second-order valence-electron chi connectivity index (χ2n) is 12.9. The molecule has 44 heavy (non-hydrogen) atoms. The van der Waals surface area contributed by atoms with Crippen molar-refractivity contribution in [2.24, 2.45) is 17.8 Å². The molecule has 8 nitrogen and oxygen atoms in total. The number of rotatable bonds is 10. The van der Waals surface area contributed by atoms with Crippen molar-refractivity contribution in [3.05, 3.63) is 64.7 Å². The average molecular weight is 598 g/mol. The van der Waals surface area contributed by atoms with Crippen LogP contribution in [-0.4, -0.2) is 30.0 Å².